The molecule has 0 unspecified atom stereocenters. The molecule has 1 atom stereocenters. The van der Waals surface area contributed by atoms with Crippen molar-refractivity contribution in [3.8, 4) is 0 Å². The maximum absolute atomic E-state index is 13.1. The first-order valence-corrected chi connectivity index (χ1v) is 12.1. The zero-order valence-corrected chi connectivity index (χ0v) is 18.8. The third-order valence-electron chi connectivity index (χ3n) is 6.00. The van der Waals surface area contributed by atoms with Gasteiger partial charge in [-0.25, -0.2) is 4.79 Å². The highest BCUT2D eigenvalue weighted by Gasteiger charge is 2.58. The summed E-state index contributed by atoms with van der Waals surface area (Å²) >= 11 is 2.64. The highest BCUT2D eigenvalue weighted by molar-refractivity contribution is 8.02. The quantitative estimate of drug-likeness (QED) is 0.648. The van der Waals surface area contributed by atoms with Crippen molar-refractivity contribution in [1.82, 2.24) is 0 Å². The summed E-state index contributed by atoms with van der Waals surface area (Å²) in [7, 11) is 0. The van der Waals surface area contributed by atoms with Gasteiger partial charge in [0.1, 0.15) is 5.00 Å². The van der Waals surface area contributed by atoms with Crippen LogP contribution in [0.4, 0.5) is 10.7 Å². The molecule has 0 bridgehead atoms. The largest absolute Gasteiger partial charge is 0.453 e. The van der Waals surface area contributed by atoms with E-state index in [-0.39, 0.29) is 12.3 Å². The van der Waals surface area contributed by atoms with Crippen molar-refractivity contribution in [3.05, 3.63) is 40.3 Å². The maximum atomic E-state index is 13.1. The van der Waals surface area contributed by atoms with Gasteiger partial charge in [0.2, 0.25) is 5.91 Å². The average molecular weight is 472 g/mol. The molecule has 0 spiro atoms. The molecule has 32 heavy (non-hydrogen) atoms. The van der Waals surface area contributed by atoms with Gasteiger partial charge >= 0.3 is 5.97 Å². The lowest BCUT2D eigenvalue weighted by atomic mass is 9.95. The van der Waals surface area contributed by atoms with Crippen molar-refractivity contribution >= 4 is 57.5 Å². The van der Waals surface area contributed by atoms with E-state index >= 15 is 0 Å². The zero-order chi connectivity index (χ0) is 22.5. The second-order valence-electron chi connectivity index (χ2n) is 7.99. The minimum Gasteiger partial charge on any atom is -0.453 e. The van der Waals surface area contributed by atoms with Crippen LogP contribution in [0.15, 0.2) is 29.2 Å². The van der Waals surface area contributed by atoms with Crippen LogP contribution in [0.5, 0.6) is 0 Å². The second-order valence-corrected chi connectivity index (χ2v) is 10.4. The van der Waals surface area contributed by atoms with Crippen LogP contribution in [-0.4, -0.2) is 35.2 Å². The van der Waals surface area contributed by atoms with E-state index < -0.39 is 29.3 Å². The number of nitrogens with two attached hydrogens (primary N) is 1. The fourth-order valence-electron chi connectivity index (χ4n) is 4.59. The summed E-state index contributed by atoms with van der Waals surface area (Å²) in [5.74, 6) is -1.89. The number of primary amides is 1. The van der Waals surface area contributed by atoms with E-state index in [1.165, 1.54) is 28.0 Å². The molecular weight excluding hydrogens is 450 g/mol. The summed E-state index contributed by atoms with van der Waals surface area (Å²) in [6, 6.07) is 7.33. The Hall–Kier alpha value is -2.85. The molecule has 0 radical (unpaired) electrons. The summed E-state index contributed by atoms with van der Waals surface area (Å²) in [6.07, 6.45) is 4.19. The van der Waals surface area contributed by atoms with Gasteiger partial charge in [-0.05, 0) is 43.4 Å². The smallest absolute Gasteiger partial charge is 0.344 e. The highest BCUT2D eigenvalue weighted by atomic mass is 32.2. The minimum atomic E-state index is -1.18. The number of nitrogens with zero attached hydrogens (tertiary/aromatic N) is 1. The van der Waals surface area contributed by atoms with Crippen molar-refractivity contribution in [1.29, 1.82) is 0 Å². The Morgan fingerprint density at radius 3 is 2.75 bits per heavy atom. The van der Waals surface area contributed by atoms with E-state index in [1.54, 1.807) is 6.07 Å². The first-order valence-electron chi connectivity index (χ1n) is 10.4. The van der Waals surface area contributed by atoms with Crippen molar-refractivity contribution in [2.45, 2.75) is 48.3 Å². The lowest BCUT2D eigenvalue weighted by Gasteiger charge is -2.28. The van der Waals surface area contributed by atoms with Gasteiger partial charge in [-0.15, -0.1) is 11.3 Å². The number of para-hydroxylation sites is 1. The van der Waals surface area contributed by atoms with E-state index in [2.05, 4.69) is 5.32 Å². The normalized spacial score (nSPS) is 21.0. The molecule has 2 aliphatic heterocycles. The average Bonchev–Trinajstić information content (AvgIpc) is 3.41. The lowest BCUT2D eigenvalue weighted by Crippen LogP contribution is -2.48. The molecule has 166 valence electrons. The van der Waals surface area contributed by atoms with E-state index in [0.29, 0.717) is 22.7 Å². The Morgan fingerprint density at radius 2 is 1.94 bits per heavy atom. The van der Waals surface area contributed by atoms with Crippen LogP contribution in [0.25, 0.3) is 0 Å². The molecule has 3 aliphatic rings. The van der Waals surface area contributed by atoms with Crippen LogP contribution in [-0.2, 0) is 32.0 Å². The Labute approximate surface area is 192 Å². The molecular formula is C22H21N3O5S2. The van der Waals surface area contributed by atoms with Crippen LogP contribution in [0.3, 0.4) is 0 Å². The maximum Gasteiger partial charge on any atom is 0.344 e. The molecule has 8 nitrogen and oxygen atoms in total. The van der Waals surface area contributed by atoms with Crippen molar-refractivity contribution in [2.75, 3.05) is 16.8 Å². The Bertz CT molecular complexity index is 1160. The van der Waals surface area contributed by atoms with Crippen LogP contribution >= 0.6 is 23.1 Å². The number of hydrogen-bond donors (Lipinski definition) is 2. The molecule has 10 heteroatoms. The van der Waals surface area contributed by atoms with Crippen LogP contribution < -0.4 is 16.0 Å². The number of fused-ring (bicyclic) bond motifs is 4. The van der Waals surface area contributed by atoms with Crippen LogP contribution in [0.2, 0.25) is 0 Å². The first-order chi connectivity index (χ1) is 15.4. The topological polar surface area (TPSA) is 119 Å². The SMILES string of the molecule is NC(=O)c1c(NC(=O)COC(=O)[C@@]23CCC(=O)N2c2ccccc2S3)sc2c1CCCC2. The molecule has 5 rings (SSSR count). The van der Waals surface area contributed by atoms with E-state index in [1.807, 2.05) is 18.2 Å². The third-order valence-corrected chi connectivity index (χ3v) is 8.66. The zero-order valence-electron chi connectivity index (χ0n) is 17.1. The number of rotatable bonds is 5. The van der Waals surface area contributed by atoms with Gasteiger partial charge in [0, 0.05) is 22.6 Å². The molecule has 3 heterocycles. The summed E-state index contributed by atoms with van der Waals surface area (Å²) in [4.78, 5) is 52.3. The summed E-state index contributed by atoms with van der Waals surface area (Å²) in [5.41, 5.74) is 7.53. The third kappa shape index (κ3) is 3.29. The monoisotopic (exact) mass is 471 g/mol. The summed E-state index contributed by atoms with van der Waals surface area (Å²) < 4.78 is 5.37. The number of hydrogen-bond acceptors (Lipinski definition) is 7. The molecule has 1 fully saturated rings. The fraction of sp³-hybridized carbons (Fsp3) is 0.364. The Balaban J connectivity index is 1.29. The number of thioether (sulfide) groups is 1. The predicted octanol–water partition coefficient (Wildman–Crippen LogP) is 2.84. The van der Waals surface area contributed by atoms with E-state index in [0.717, 1.165) is 41.0 Å². The molecule has 1 aromatic carbocycles. The summed E-state index contributed by atoms with van der Waals surface area (Å²) in [6.45, 7) is -0.514. The number of thiophene rings is 1. The molecule has 2 aromatic rings. The number of amides is 3. The van der Waals surface area contributed by atoms with Gasteiger partial charge in [-0.1, -0.05) is 23.9 Å². The van der Waals surface area contributed by atoms with Crippen molar-refractivity contribution < 1.29 is 23.9 Å². The van der Waals surface area contributed by atoms with Crippen LogP contribution in [0, 0.1) is 0 Å². The van der Waals surface area contributed by atoms with E-state index in [4.69, 9.17) is 10.5 Å². The highest BCUT2D eigenvalue weighted by Crippen LogP contribution is 2.56. The number of aryl methyl sites for hydroxylation is 1. The van der Waals surface area contributed by atoms with Gasteiger partial charge in [-0.3, -0.25) is 19.3 Å². The van der Waals surface area contributed by atoms with Crippen molar-refractivity contribution in [3.63, 3.8) is 0 Å². The lowest BCUT2D eigenvalue weighted by molar-refractivity contribution is -0.149. The van der Waals surface area contributed by atoms with Gasteiger partial charge in [0.05, 0.1) is 11.3 Å². The number of benzene rings is 1. The van der Waals surface area contributed by atoms with Gasteiger partial charge < -0.3 is 15.8 Å². The number of anilines is 2. The standard InChI is InChI=1S/C22H21N3O5S2/c23-19(28)18-12-5-1-3-7-14(12)31-20(18)24-16(26)11-30-21(29)22-10-9-17(27)25(22)13-6-2-4-8-15(13)32-22/h2,4,6,8H,1,3,5,7,9-11H2,(H2,23,28)(H,24,26)/t22-/m0/s1. The van der Waals surface area contributed by atoms with Crippen LogP contribution in [0.1, 0.15) is 46.5 Å². The predicted molar refractivity (Wildman–Crippen MR) is 121 cm³/mol. The number of ether oxygens (including phenoxy) is 1. The molecule has 1 aliphatic carbocycles. The number of carbonyl (C=O) groups is 4. The second kappa shape index (κ2) is 7.93. The molecule has 3 N–H and O–H groups in total. The van der Waals surface area contributed by atoms with Crippen molar-refractivity contribution in [2.24, 2.45) is 5.73 Å². The van der Waals surface area contributed by atoms with Gasteiger partial charge in [0.15, 0.2) is 11.5 Å². The van der Waals surface area contributed by atoms with E-state index in [9.17, 15) is 19.2 Å². The Kier molecular flexibility index (Phi) is 5.21. The van der Waals surface area contributed by atoms with Gasteiger partial charge in [0.25, 0.3) is 11.8 Å². The number of esters is 1. The molecule has 0 saturated carbocycles. The first kappa shape index (κ1) is 21.0. The Morgan fingerprint density at radius 1 is 1.16 bits per heavy atom. The van der Waals surface area contributed by atoms with Gasteiger partial charge in [-0.2, -0.15) is 0 Å². The number of carbonyl (C=O) groups excluding carboxylic acids is 4. The minimum absolute atomic E-state index is 0.140. The molecule has 1 saturated heterocycles. The fourth-order valence-corrected chi connectivity index (χ4v) is 7.32. The number of nitrogens with one attached hydrogen (secondary N) is 1. The molecule has 3 amide bonds. The molecule has 1 aromatic heterocycles. The summed E-state index contributed by atoms with van der Waals surface area (Å²) in [5, 5.41) is 3.10.